The standard InChI is InChI=1S/C12H17BrN2O3S/c1-2-5-12(16)7-15(8-12)19(17,18)9-3-4-10(13)11(14)6-9/h3-4,6,16H,2,5,7-8,14H2,1H3. The first kappa shape index (κ1) is 14.8. The van der Waals surface area contributed by atoms with Gasteiger partial charge in [0, 0.05) is 23.2 Å². The van der Waals surface area contributed by atoms with Crippen molar-refractivity contribution >= 4 is 31.6 Å². The van der Waals surface area contributed by atoms with Gasteiger partial charge in [0.15, 0.2) is 0 Å². The number of anilines is 1. The van der Waals surface area contributed by atoms with Crippen LogP contribution in [0.1, 0.15) is 19.8 Å². The zero-order valence-electron chi connectivity index (χ0n) is 10.6. The van der Waals surface area contributed by atoms with E-state index in [-0.39, 0.29) is 18.0 Å². The van der Waals surface area contributed by atoms with Crippen LogP contribution >= 0.6 is 15.9 Å². The topological polar surface area (TPSA) is 83.6 Å². The second-order valence-electron chi connectivity index (χ2n) is 4.93. The smallest absolute Gasteiger partial charge is 0.243 e. The molecule has 0 spiro atoms. The van der Waals surface area contributed by atoms with Crippen LogP contribution in [0.2, 0.25) is 0 Å². The van der Waals surface area contributed by atoms with Gasteiger partial charge in [0.1, 0.15) is 0 Å². The number of nitrogens with zero attached hydrogens (tertiary/aromatic N) is 1. The monoisotopic (exact) mass is 348 g/mol. The van der Waals surface area contributed by atoms with Gasteiger partial charge >= 0.3 is 0 Å². The van der Waals surface area contributed by atoms with Gasteiger partial charge in [0.25, 0.3) is 0 Å². The van der Waals surface area contributed by atoms with Gasteiger partial charge in [-0.15, -0.1) is 0 Å². The minimum Gasteiger partial charge on any atom is -0.398 e. The Hall–Kier alpha value is -0.630. The molecule has 1 saturated heterocycles. The Morgan fingerprint density at radius 2 is 2.11 bits per heavy atom. The van der Waals surface area contributed by atoms with Crippen molar-refractivity contribution in [1.82, 2.24) is 4.31 Å². The molecular weight excluding hydrogens is 332 g/mol. The van der Waals surface area contributed by atoms with Gasteiger partial charge in [-0.3, -0.25) is 0 Å². The van der Waals surface area contributed by atoms with Crippen molar-refractivity contribution in [3.8, 4) is 0 Å². The summed E-state index contributed by atoms with van der Waals surface area (Å²) in [6.45, 7) is 2.27. The normalized spacial score (nSPS) is 19.1. The third kappa shape index (κ3) is 2.79. The number of hydrogen-bond acceptors (Lipinski definition) is 4. The van der Waals surface area contributed by atoms with Crippen molar-refractivity contribution in [2.75, 3.05) is 18.8 Å². The molecule has 0 aromatic heterocycles. The van der Waals surface area contributed by atoms with Gasteiger partial charge in [-0.1, -0.05) is 13.3 Å². The van der Waals surface area contributed by atoms with Crippen molar-refractivity contribution < 1.29 is 13.5 Å². The van der Waals surface area contributed by atoms with Crippen LogP contribution < -0.4 is 5.73 Å². The Morgan fingerprint density at radius 3 is 2.63 bits per heavy atom. The molecular formula is C12H17BrN2O3S. The lowest BCUT2D eigenvalue weighted by molar-refractivity contribution is -0.0653. The second-order valence-corrected chi connectivity index (χ2v) is 7.72. The summed E-state index contributed by atoms with van der Waals surface area (Å²) < 4.78 is 26.6. The fourth-order valence-electron chi connectivity index (χ4n) is 2.24. The molecule has 0 aliphatic carbocycles. The fourth-order valence-corrected chi connectivity index (χ4v) is 4.12. The van der Waals surface area contributed by atoms with E-state index in [9.17, 15) is 13.5 Å². The van der Waals surface area contributed by atoms with E-state index in [0.717, 1.165) is 6.42 Å². The lowest BCUT2D eigenvalue weighted by Gasteiger charge is -2.45. The van der Waals surface area contributed by atoms with Crippen molar-refractivity contribution in [2.24, 2.45) is 0 Å². The lowest BCUT2D eigenvalue weighted by Crippen LogP contribution is -2.63. The highest BCUT2D eigenvalue weighted by atomic mass is 79.9. The van der Waals surface area contributed by atoms with E-state index in [0.29, 0.717) is 16.6 Å². The molecule has 106 valence electrons. The molecule has 19 heavy (non-hydrogen) atoms. The highest BCUT2D eigenvalue weighted by Crippen LogP contribution is 2.32. The Morgan fingerprint density at radius 1 is 1.47 bits per heavy atom. The van der Waals surface area contributed by atoms with Crippen LogP contribution in [-0.2, 0) is 10.0 Å². The quantitative estimate of drug-likeness (QED) is 0.809. The van der Waals surface area contributed by atoms with Gasteiger partial charge in [0.2, 0.25) is 10.0 Å². The van der Waals surface area contributed by atoms with Crippen molar-refractivity contribution in [3.63, 3.8) is 0 Å². The Labute approximate surface area is 121 Å². The van der Waals surface area contributed by atoms with Crippen LogP contribution in [0.15, 0.2) is 27.6 Å². The molecule has 0 atom stereocenters. The lowest BCUT2D eigenvalue weighted by atomic mass is 9.92. The third-order valence-electron chi connectivity index (χ3n) is 3.26. The van der Waals surface area contributed by atoms with Gasteiger partial charge in [-0.25, -0.2) is 8.42 Å². The molecule has 0 unspecified atom stereocenters. The molecule has 0 bridgehead atoms. The summed E-state index contributed by atoms with van der Waals surface area (Å²) in [7, 11) is -3.56. The molecule has 2 rings (SSSR count). The van der Waals surface area contributed by atoms with E-state index in [1.165, 1.54) is 16.4 Å². The van der Waals surface area contributed by atoms with Crippen molar-refractivity contribution in [1.29, 1.82) is 0 Å². The van der Waals surface area contributed by atoms with Crippen LogP contribution in [0.4, 0.5) is 5.69 Å². The molecule has 1 aliphatic heterocycles. The first-order valence-electron chi connectivity index (χ1n) is 6.06. The van der Waals surface area contributed by atoms with E-state index in [1.54, 1.807) is 6.07 Å². The molecule has 5 nitrogen and oxygen atoms in total. The molecule has 1 aromatic rings. The number of nitrogens with two attached hydrogens (primary N) is 1. The molecule has 0 saturated carbocycles. The zero-order valence-corrected chi connectivity index (χ0v) is 13.0. The predicted molar refractivity (Wildman–Crippen MR) is 77.2 cm³/mol. The number of aliphatic hydroxyl groups is 1. The molecule has 1 aromatic carbocycles. The van der Waals surface area contributed by atoms with E-state index in [1.807, 2.05) is 6.92 Å². The van der Waals surface area contributed by atoms with Gasteiger partial charge < -0.3 is 10.8 Å². The maximum Gasteiger partial charge on any atom is 0.243 e. The zero-order chi connectivity index (χ0) is 14.3. The number of halogens is 1. The minimum absolute atomic E-state index is 0.152. The average Bonchev–Trinajstić information content (AvgIpc) is 2.29. The number of nitrogen functional groups attached to an aromatic ring is 1. The maximum absolute atomic E-state index is 12.3. The summed E-state index contributed by atoms with van der Waals surface area (Å²) in [6, 6.07) is 4.55. The van der Waals surface area contributed by atoms with Gasteiger partial charge in [-0.2, -0.15) is 4.31 Å². The second kappa shape index (κ2) is 5.05. The number of rotatable bonds is 4. The summed E-state index contributed by atoms with van der Waals surface area (Å²) in [5.74, 6) is 0. The molecule has 7 heteroatoms. The van der Waals surface area contributed by atoms with Crippen LogP contribution in [0.3, 0.4) is 0 Å². The molecule has 0 radical (unpaired) electrons. The largest absolute Gasteiger partial charge is 0.398 e. The Bertz CT molecular complexity index is 583. The molecule has 1 heterocycles. The summed E-state index contributed by atoms with van der Waals surface area (Å²) in [4.78, 5) is 0.159. The van der Waals surface area contributed by atoms with Crippen LogP contribution in [-0.4, -0.2) is 36.5 Å². The predicted octanol–water partition coefficient (Wildman–Crippen LogP) is 1.57. The fraction of sp³-hybridized carbons (Fsp3) is 0.500. The van der Waals surface area contributed by atoms with Gasteiger partial charge in [-0.05, 0) is 40.5 Å². The van der Waals surface area contributed by atoms with Crippen LogP contribution in [0.25, 0.3) is 0 Å². The summed E-state index contributed by atoms with van der Waals surface area (Å²) in [5.41, 5.74) is 5.21. The van der Waals surface area contributed by atoms with Crippen LogP contribution in [0.5, 0.6) is 0 Å². The minimum atomic E-state index is -3.56. The number of hydrogen-bond donors (Lipinski definition) is 2. The van der Waals surface area contributed by atoms with Crippen molar-refractivity contribution in [2.45, 2.75) is 30.3 Å². The third-order valence-corrected chi connectivity index (χ3v) is 5.77. The van der Waals surface area contributed by atoms with Crippen LogP contribution in [0, 0.1) is 0 Å². The molecule has 0 amide bonds. The first-order valence-corrected chi connectivity index (χ1v) is 8.29. The highest BCUT2D eigenvalue weighted by Gasteiger charge is 2.46. The SMILES string of the molecule is CCCC1(O)CN(S(=O)(=O)c2ccc(Br)c(N)c2)C1. The molecule has 3 N–H and O–H groups in total. The van der Waals surface area contributed by atoms with E-state index < -0.39 is 15.6 Å². The summed E-state index contributed by atoms with van der Waals surface area (Å²) in [5, 5.41) is 10.1. The van der Waals surface area contributed by atoms with E-state index in [2.05, 4.69) is 15.9 Å². The number of sulfonamides is 1. The Balaban J connectivity index is 2.19. The summed E-state index contributed by atoms with van der Waals surface area (Å²) >= 11 is 3.23. The Kier molecular flexibility index (Phi) is 3.92. The summed E-state index contributed by atoms with van der Waals surface area (Å²) in [6.07, 6.45) is 1.44. The van der Waals surface area contributed by atoms with E-state index >= 15 is 0 Å². The average molecular weight is 349 g/mol. The number of β-amino-alcohol motifs (C(OH)–C–C–N with tert-alkyl or cyclic N) is 1. The maximum atomic E-state index is 12.3. The van der Waals surface area contributed by atoms with E-state index in [4.69, 9.17) is 5.73 Å². The van der Waals surface area contributed by atoms with Crippen molar-refractivity contribution in [3.05, 3.63) is 22.7 Å². The first-order chi connectivity index (χ1) is 8.78. The van der Waals surface area contributed by atoms with Gasteiger partial charge in [0.05, 0.1) is 10.5 Å². The number of benzene rings is 1. The highest BCUT2D eigenvalue weighted by molar-refractivity contribution is 9.10. The molecule has 1 fully saturated rings. The molecule has 1 aliphatic rings.